The lowest BCUT2D eigenvalue weighted by Crippen LogP contribution is -2.32. The number of rotatable bonds is 50. The van der Waals surface area contributed by atoms with Crippen molar-refractivity contribution >= 4 is 39.8 Å². The minimum Gasteiger partial charge on any atom is -0.461 e. The quantitative estimate of drug-likeness (QED) is 0.0199. The van der Waals surface area contributed by atoms with E-state index in [9.17, 15) is 19.2 Å². The first-order valence-electron chi connectivity index (χ1n) is 29.7. The third-order valence-corrected chi connectivity index (χ3v) is 12.9. The van der Waals surface area contributed by atoms with Gasteiger partial charge in [-0.1, -0.05) is 249 Å². The number of hydrogen-bond donors (Lipinski definition) is 2. The number of halogens is 1. The van der Waals surface area contributed by atoms with E-state index in [1.807, 2.05) is 12.2 Å². The monoisotopic (exact) mass is 1070 g/mol. The molecule has 0 aliphatic heterocycles. The highest BCUT2D eigenvalue weighted by Gasteiger charge is 2.16. The standard InChI is InChI=1S/C30H57NO4.C19H39NO2.C11H19BrO2/c1-4-7-10-13-16-19-22-25-34-29(32)26-31-27-30(33)35-28(23-20-17-14-11-8-5-2)24-21-18-15-12-9-6-3;1-3-5-7-9-11-13-15-18(22-19(21)17-20)16-14-12-10-8-6-4-2;1-2-3-4-5-6-7-8-9-14-11(13)10-12/h19,22,28,31H,4-18,20-21,23-27H2,1-3H3;18H,3-17,20H2,1-2H3;7-8H,2-6,9-10H2,1H3/b22-19-;;8-7-. The number of ether oxygens (including phenoxy) is 4. The fraction of sp³-hybridized carbons (Fsp3) is 0.867. The molecule has 0 aromatic heterocycles. The highest BCUT2D eigenvalue weighted by Crippen LogP contribution is 2.19. The van der Waals surface area contributed by atoms with Crippen molar-refractivity contribution in [2.24, 2.45) is 5.73 Å². The predicted octanol–water partition coefficient (Wildman–Crippen LogP) is 16.9. The summed E-state index contributed by atoms with van der Waals surface area (Å²) in [5, 5.41) is 3.15. The topological polar surface area (TPSA) is 143 Å². The Morgan fingerprint density at radius 3 is 1.03 bits per heavy atom. The fourth-order valence-electron chi connectivity index (χ4n) is 7.98. The summed E-state index contributed by atoms with van der Waals surface area (Å²) in [5.41, 5.74) is 5.37. The molecular weight excluding hydrogens is 957 g/mol. The molecule has 0 unspecified atom stereocenters. The normalized spacial score (nSPS) is 11.2. The maximum absolute atomic E-state index is 12.3. The van der Waals surface area contributed by atoms with Crippen LogP contribution in [0, 0.1) is 0 Å². The number of alkyl halides is 1. The summed E-state index contributed by atoms with van der Waals surface area (Å²) in [6.07, 6.45) is 54.4. The Kier molecular flexibility index (Phi) is 65.7. The van der Waals surface area contributed by atoms with Crippen molar-refractivity contribution in [3.8, 4) is 0 Å². The van der Waals surface area contributed by atoms with Gasteiger partial charge < -0.3 is 24.7 Å². The van der Waals surface area contributed by atoms with Gasteiger partial charge in [-0.25, -0.2) is 0 Å². The second-order valence-corrected chi connectivity index (χ2v) is 20.0. The summed E-state index contributed by atoms with van der Waals surface area (Å²) in [4.78, 5) is 46.3. The zero-order valence-corrected chi connectivity index (χ0v) is 48.9. The molecule has 71 heavy (non-hydrogen) atoms. The van der Waals surface area contributed by atoms with E-state index in [0.717, 1.165) is 51.4 Å². The summed E-state index contributed by atoms with van der Waals surface area (Å²) in [6, 6.07) is 0. The third kappa shape index (κ3) is 63.8. The second kappa shape index (κ2) is 63.9. The molecule has 0 aromatic rings. The van der Waals surface area contributed by atoms with Crippen molar-refractivity contribution in [3.05, 3.63) is 24.3 Å². The molecule has 0 rings (SSSR count). The van der Waals surface area contributed by atoms with E-state index in [4.69, 9.17) is 24.7 Å². The van der Waals surface area contributed by atoms with Crippen LogP contribution in [0.25, 0.3) is 0 Å². The van der Waals surface area contributed by atoms with E-state index in [0.29, 0.717) is 6.61 Å². The molecule has 11 heteroatoms. The number of nitrogens with one attached hydrogen (secondary N) is 1. The Morgan fingerprint density at radius 1 is 0.394 bits per heavy atom. The molecule has 0 aliphatic carbocycles. The van der Waals surface area contributed by atoms with Crippen LogP contribution in [0.15, 0.2) is 24.3 Å². The van der Waals surface area contributed by atoms with Gasteiger partial charge in [-0.2, -0.15) is 0 Å². The maximum Gasteiger partial charge on any atom is 0.320 e. The van der Waals surface area contributed by atoms with Gasteiger partial charge in [-0.05, 0) is 77.0 Å². The van der Waals surface area contributed by atoms with Crippen LogP contribution in [0.4, 0.5) is 0 Å². The molecule has 10 nitrogen and oxygen atoms in total. The SMILES string of the molecule is CCCCCC/C=C\COC(=O)CBr.CCCCCC/C=C\COC(=O)CNCC(=O)OC(CCCCCCCC)CCCCCCCC.CCCCCCCCC(CCCCCCCC)OC(=O)CN. The second-order valence-electron chi connectivity index (χ2n) is 19.4. The Hall–Kier alpha value is -2.24. The Labute approximate surface area is 447 Å². The largest absolute Gasteiger partial charge is 0.461 e. The van der Waals surface area contributed by atoms with Gasteiger partial charge in [0.2, 0.25) is 0 Å². The van der Waals surface area contributed by atoms with Crippen LogP contribution in [-0.2, 0) is 38.1 Å². The van der Waals surface area contributed by atoms with Crippen molar-refractivity contribution in [2.75, 3.05) is 38.2 Å². The lowest BCUT2D eigenvalue weighted by Gasteiger charge is -2.18. The van der Waals surface area contributed by atoms with E-state index < -0.39 is 0 Å². The fourth-order valence-corrected chi connectivity index (χ4v) is 8.15. The molecule has 0 amide bonds. The van der Waals surface area contributed by atoms with Crippen molar-refractivity contribution < 1.29 is 38.1 Å². The average Bonchev–Trinajstić information content (AvgIpc) is 3.37. The number of unbranched alkanes of at least 4 members (excludes halogenated alkanes) is 28. The average molecular weight is 1070 g/mol. The van der Waals surface area contributed by atoms with Crippen molar-refractivity contribution in [3.63, 3.8) is 0 Å². The summed E-state index contributed by atoms with van der Waals surface area (Å²) < 4.78 is 21.3. The third-order valence-electron chi connectivity index (χ3n) is 12.4. The number of esters is 4. The molecule has 0 atom stereocenters. The van der Waals surface area contributed by atoms with E-state index in [-0.39, 0.29) is 67.7 Å². The van der Waals surface area contributed by atoms with Crippen LogP contribution >= 0.6 is 15.9 Å². The van der Waals surface area contributed by atoms with Crippen molar-refractivity contribution in [1.82, 2.24) is 5.32 Å². The summed E-state index contributed by atoms with van der Waals surface area (Å²) in [7, 11) is 0. The van der Waals surface area contributed by atoms with Crippen LogP contribution in [0.1, 0.15) is 286 Å². The van der Waals surface area contributed by atoms with Crippen molar-refractivity contribution in [2.45, 2.75) is 298 Å². The summed E-state index contributed by atoms with van der Waals surface area (Å²) >= 11 is 3.03. The minimum atomic E-state index is -0.343. The molecule has 0 bridgehead atoms. The van der Waals surface area contributed by atoms with E-state index in [2.05, 4.69) is 74.9 Å². The van der Waals surface area contributed by atoms with Crippen LogP contribution in [0.3, 0.4) is 0 Å². The first kappa shape index (κ1) is 73.0. The highest BCUT2D eigenvalue weighted by atomic mass is 79.9. The Bertz CT molecular complexity index is 1150. The summed E-state index contributed by atoms with van der Waals surface area (Å²) in [6.45, 7) is 14.1. The molecule has 0 fully saturated rings. The molecule has 0 aliphatic rings. The molecular formula is C60H115BrN2O8. The zero-order chi connectivity index (χ0) is 52.9. The number of allylic oxidation sites excluding steroid dienone is 2. The van der Waals surface area contributed by atoms with Gasteiger partial charge in [0.1, 0.15) is 30.8 Å². The van der Waals surface area contributed by atoms with E-state index in [1.165, 1.54) is 193 Å². The molecule has 0 saturated carbocycles. The number of nitrogens with two attached hydrogens (primary N) is 1. The zero-order valence-electron chi connectivity index (χ0n) is 47.3. The molecule has 0 spiro atoms. The van der Waals surface area contributed by atoms with Crippen LogP contribution in [0.5, 0.6) is 0 Å². The summed E-state index contributed by atoms with van der Waals surface area (Å²) in [5.74, 6) is -1.07. The van der Waals surface area contributed by atoms with Gasteiger partial charge in [0, 0.05) is 0 Å². The molecule has 3 N–H and O–H groups in total. The minimum absolute atomic E-state index is 0.00347. The first-order valence-corrected chi connectivity index (χ1v) is 30.8. The van der Waals surface area contributed by atoms with Crippen LogP contribution in [0.2, 0.25) is 0 Å². The lowest BCUT2D eigenvalue weighted by atomic mass is 10.0. The number of hydrogen-bond acceptors (Lipinski definition) is 10. The van der Waals surface area contributed by atoms with Gasteiger partial charge in [-0.15, -0.1) is 0 Å². The molecule has 420 valence electrons. The van der Waals surface area contributed by atoms with Gasteiger partial charge in [-0.3, -0.25) is 24.5 Å². The first-order chi connectivity index (χ1) is 34.7. The molecule has 0 aromatic carbocycles. The molecule has 0 heterocycles. The Balaban J connectivity index is -0.00000109. The smallest absolute Gasteiger partial charge is 0.320 e. The maximum atomic E-state index is 12.3. The molecule has 0 saturated heterocycles. The predicted molar refractivity (Wildman–Crippen MR) is 305 cm³/mol. The molecule has 0 radical (unpaired) electrons. The van der Waals surface area contributed by atoms with Crippen molar-refractivity contribution in [1.29, 1.82) is 0 Å². The number of carbonyl (C=O) groups excluding carboxylic acids is 4. The van der Waals surface area contributed by atoms with Gasteiger partial charge >= 0.3 is 23.9 Å². The van der Waals surface area contributed by atoms with E-state index in [1.54, 1.807) is 0 Å². The van der Waals surface area contributed by atoms with Crippen LogP contribution in [-0.4, -0.2) is 74.3 Å². The van der Waals surface area contributed by atoms with Gasteiger partial charge in [0.25, 0.3) is 0 Å². The highest BCUT2D eigenvalue weighted by molar-refractivity contribution is 9.09. The number of carbonyl (C=O) groups is 4. The van der Waals surface area contributed by atoms with E-state index >= 15 is 0 Å². The Morgan fingerprint density at radius 2 is 0.690 bits per heavy atom. The van der Waals surface area contributed by atoms with Gasteiger partial charge in [0.15, 0.2) is 0 Å². The van der Waals surface area contributed by atoms with Gasteiger partial charge in [0.05, 0.1) is 19.6 Å². The van der Waals surface area contributed by atoms with Crippen LogP contribution < -0.4 is 11.1 Å². The lowest BCUT2D eigenvalue weighted by molar-refractivity contribution is -0.149.